The van der Waals surface area contributed by atoms with Crippen LogP contribution in [-0.4, -0.2) is 58.0 Å². The van der Waals surface area contributed by atoms with E-state index in [9.17, 15) is 13.2 Å². The van der Waals surface area contributed by atoms with E-state index in [1.54, 1.807) is 6.07 Å². The van der Waals surface area contributed by atoms with Gasteiger partial charge in [0.05, 0.1) is 4.90 Å². The Labute approximate surface area is 153 Å². The molecule has 3 rings (SSSR count). The molecule has 0 unspecified atom stereocenters. The van der Waals surface area contributed by atoms with Crippen molar-refractivity contribution in [2.45, 2.75) is 24.2 Å². The van der Waals surface area contributed by atoms with Crippen molar-refractivity contribution in [3.05, 3.63) is 18.2 Å². The molecule has 2 aliphatic rings. The molecule has 1 aromatic rings. The van der Waals surface area contributed by atoms with Crippen LogP contribution in [0.15, 0.2) is 23.1 Å². The maximum absolute atomic E-state index is 12.9. The van der Waals surface area contributed by atoms with Crippen LogP contribution in [0.1, 0.15) is 19.3 Å². The van der Waals surface area contributed by atoms with Gasteiger partial charge in [0, 0.05) is 31.6 Å². The van der Waals surface area contributed by atoms with Gasteiger partial charge in [-0.1, -0.05) is 0 Å². The van der Waals surface area contributed by atoms with E-state index in [-0.39, 0.29) is 16.7 Å². The fourth-order valence-corrected chi connectivity index (χ4v) is 4.64. The highest BCUT2D eigenvalue weighted by Gasteiger charge is 2.32. The quantitative estimate of drug-likeness (QED) is 0.685. The standard InChI is InChI=1S/C17H25N3O5S/c18-6-1-7-19-17(21)13-4-8-20(9-5-13)26(22,23)14-2-3-15-16(12-14)25-11-10-24-15/h2-3,12-13H,1,4-11,18H2,(H,19,21). The number of nitrogens with zero attached hydrogens (tertiary/aromatic N) is 1. The third-order valence-corrected chi connectivity index (χ3v) is 6.55. The number of hydrogen-bond donors (Lipinski definition) is 2. The predicted molar refractivity (Wildman–Crippen MR) is 95.6 cm³/mol. The number of benzene rings is 1. The lowest BCUT2D eigenvalue weighted by Crippen LogP contribution is -2.43. The highest BCUT2D eigenvalue weighted by Crippen LogP contribution is 2.34. The van der Waals surface area contributed by atoms with E-state index in [0.29, 0.717) is 63.7 Å². The zero-order valence-corrected chi connectivity index (χ0v) is 15.5. The molecule has 9 heteroatoms. The molecular weight excluding hydrogens is 358 g/mol. The summed E-state index contributed by atoms with van der Waals surface area (Å²) in [7, 11) is -3.62. The number of carbonyl (C=O) groups excluding carboxylic acids is 1. The molecule has 26 heavy (non-hydrogen) atoms. The first-order chi connectivity index (χ1) is 12.5. The average Bonchev–Trinajstić information content (AvgIpc) is 2.67. The van der Waals surface area contributed by atoms with Crippen molar-refractivity contribution in [2.24, 2.45) is 11.7 Å². The molecule has 0 radical (unpaired) electrons. The average molecular weight is 383 g/mol. The summed E-state index contributed by atoms with van der Waals surface area (Å²) in [6, 6.07) is 4.67. The Hall–Kier alpha value is -1.84. The van der Waals surface area contributed by atoms with Crippen LogP contribution in [0, 0.1) is 5.92 Å². The number of ether oxygens (including phenoxy) is 2. The van der Waals surface area contributed by atoms with Crippen molar-refractivity contribution in [1.29, 1.82) is 0 Å². The second-order valence-electron chi connectivity index (χ2n) is 6.42. The van der Waals surface area contributed by atoms with Crippen LogP contribution >= 0.6 is 0 Å². The second-order valence-corrected chi connectivity index (χ2v) is 8.36. The molecule has 0 atom stereocenters. The van der Waals surface area contributed by atoms with Crippen LogP contribution in [0.4, 0.5) is 0 Å². The summed E-state index contributed by atoms with van der Waals surface area (Å²) >= 11 is 0. The highest BCUT2D eigenvalue weighted by atomic mass is 32.2. The summed E-state index contributed by atoms with van der Waals surface area (Å²) in [5.41, 5.74) is 5.42. The van der Waals surface area contributed by atoms with Gasteiger partial charge in [0.25, 0.3) is 0 Å². The molecule has 8 nitrogen and oxygen atoms in total. The number of amides is 1. The maximum atomic E-state index is 12.9. The molecule has 0 aliphatic carbocycles. The molecule has 0 bridgehead atoms. The van der Waals surface area contributed by atoms with Crippen molar-refractivity contribution in [1.82, 2.24) is 9.62 Å². The van der Waals surface area contributed by atoms with Crippen molar-refractivity contribution < 1.29 is 22.7 Å². The Balaban J connectivity index is 1.62. The summed E-state index contributed by atoms with van der Waals surface area (Å²) in [6.07, 6.45) is 1.76. The van der Waals surface area contributed by atoms with Gasteiger partial charge in [-0.05, 0) is 37.9 Å². The van der Waals surface area contributed by atoms with E-state index in [2.05, 4.69) is 5.32 Å². The molecule has 2 aliphatic heterocycles. The third-order valence-electron chi connectivity index (χ3n) is 4.66. The highest BCUT2D eigenvalue weighted by molar-refractivity contribution is 7.89. The van der Waals surface area contributed by atoms with Crippen LogP contribution in [0.25, 0.3) is 0 Å². The van der Waals surface area contributed by atoms with Crippen LogP contribution in [0.2, 0.25) is 0 Å². The molecular formula is C17H25N3O5S. The predicted octanol–water partition coefficient (Wildman–Crippen LogP) is 0.323. The molecule has 1 amide bonds. The smallest absolute Gasteiger partial charge is 0.243 e. The van der Waals surface area contributed by atoms with E-state index in [0.717, 1.165) is 6.42 Å². The second kappa shape index (κ2) is 8.24. The Morgan fingerprint density at radius 1 is 1.19 bits per heavy atom. The molecule has 3 N–H and O–H groups in total. The van der Waals surface area contributed by atoms with Gasteiger partial charge in [-0.3, -0.25) is 4.79 Å². The topological polar surface area (TPSA) is 111 Å². The molecule has 2 heterocycles. The minimum absolute atomic E-state index is 0.0187. The van der Waals surface area contributed by atoms with Crippen molar-refractivity contribution in [3.8, 4) is 11.5 Å². The van der Waals surface area contributed by atoms with Crippen molar-refractivity contribution in [3.63, 3.8) is 0 Å². The maximum Gasteiger partial charge on any atom is 0.243 e. The Kier molecular flexibility index (Phi) is 6.00. The summed E-state index contributed by atoms with van der Waals surface area (Å²) in [5, 5.41) is 2.86. The minimum atomic E-state index is -3.62. The molecule has 0 saturated carbocycles. The lowest BCUT2D eigenvalue weighted by Gasteiger charge is -2.30. The zero-order valence-electron chi connectivity index (χ0n) is 14.6. The Morgan fingerprint density at radius 2 is 1.88 bits per heavy atom. The Bertz CT molecular complexity index is 745. The normalized spacial score (nSPS) is 18.5. The molecule has 1 saturated heterocycles. The first-order valence-electron chi connectivity index (χ1n) is 8.90. The van der Waals surface area contributed by atoms with Gasteiger partial charge in [0.1, 0.15) is 13.2 Å². The molecule has 144 valence electrons. The first-order valence-corrected chi connectivity index (χ1v) is 10.3. The Morgan fingerprint density at radius 3 is 2.58 bits per heavy atom. The molecule has 0 spiro atoms. The largest absolute Gasteiger partial charge is 0.486 e. The number of nitrogens with one attached hydrogen (secondary N) is 1. The van der Waals surface area contributed by atoms with E-state index in [4.69, 9.17) is 15.2 Å². The number of rotatable bonds is 6. The van der Waals surface area contributed by atoms with Crippen LogP contribution < -0.4 is 20.5 Å². The number of sulfonamides is 1. The lowest BCUT2D eigenvalue weighted by atomic mass is 9.97. The van der Waals surface area contributed by atoms with E-state index in [1.807, 2.05) is 0 Å². The van der Waals surface area contributed by atoms with Crippen molar-refractivity contribution >= 4 is 15.9 Å². The lowest BCUT2D eigenvalue weighted by molar-refractivity contribution is -0.126. The van der Waals surface area contributed by atoms with Crippen LogP contribution in [0.3, 0.4) is 0 Å². The van der Waals surface area contributed by atoms with Gasteiger partial charge < -0.3 is 20.5 Å². The third kappa shape index (κ3) is 4.11. The fourth-order valence-electron chi connectivity index (χ4n) is 3.15. The van der Waals surface area contributed by atoms with Crippen molar-refractivity contribution in [2.75, 3.05) is 39.4 Å². The van der Waals surface area contributed by atoms with Crippen LogP contribution in [0.5, 0.6) is 11.5 Å². The van der Waals surface area contributed by atoms with Gasteiger partial charge in [0.15, 0.2) is 11.5 Å². The first kappa shape index (κ1) is 18.9. The zero-order chi connectivity index (χ0) is 18.6. The monoisotopic (exact) mass is 383 g/mol. The number of fused-ring (bicyclic) bond motifs is 1. The van der Waals surface area contributed by atoms with E-state index < -0.39 is 10.0 Å². The fraction of sp³-hybridized carbons (Fsp3) is 0.588. The van der Waals surface area contributed by atoms with E-state index >= 15 is 0 Å². The van der Waals surface area contributed by atoms with Crippen LogP contribution in [-0.2, 0) is 14.8 Å². The number of carbonyl (C=O) groups is 1. The number of hydrogen-bond acceptors (Lipinski definition) is 6. The number of piperidine rings is 1. The summed E-state index contributed by atoms with van der Waals surface area (Å²) in [4.78, 5) is 12.3. The summed E-state index contributed by atoms with van der Waals surface area (Å²) in [6.45, 7) is 2.61. The summed E-state index contributed by atoms with van der Waals surface area (Å²) in [5.74, 6) is 0.837. The molecule has 0 aromatic heterocycles. The van der Waals surface area contributed by atoms with Gasteiger partial charge in [0.2, 0.25) is 15.9 Å². The minimum Gasteiger partial charge on any atom is -0.486 e. The number of nitrogens with two attached hydrogens (primary N) is 1. The summed E-state index contributed by atoms with van der Waals surface area (Å²) < 4.78 is 38.1. The van der Waals surface area contributed by atoms with Gasteiger partial charge in [-0.2, -0.15) is 4.31 Å². The van der Waals surface area contributed by atoms with E-state index in [1.165, 1.54) is 16.4 Å². The SMILES string of the molecule is NCCCNC(=O)C1CCN(S(=O)(=O)c2ccc3c(c2)OCCO3)CC1. The van der Waals surface area contributed by atoms with Gasteiger partial charge in [-0.15, -0.1) is 0 Å². The molecule has 1 fully saturated rings. The molecule has 1 aromatic carbocycles. The van der Waals surface area contributed by atoms with Gasteiger partial charge in [-0.25, -0.2) is 8.42 Å². The van der Waals surface area contributed by atoms with Gasteiger partial charge >= 0.3 is 0 Å².